The fourth-order valence-electron chi connectivity index (χ4n) is 0.365. The van der Waals surface area contributed by atoms with Crippen molar-refractivity contribution in [3.63, 3.8) is 0 Å². The smallest absolute Gasteiger partial charge is 0.317 e. The highest BCUT2D eigenvalue weighted by molar-refractivity contribution is 5.74. The van der Waals surface area contributed by atoms with E-state index >= 15 is 0 Å². The topological polar surface area (TPSA) is 26.3 Å². The van der Waals surface area contributed by atoms with Crippen molar-refractivity contribution < 1.29 is 9.53 Å². The number of ether oxygens (including phenoxy) is 1. The van der Waals surface area contributed by atoms with Crippen LogP contribution in [-0.4, -0.2) is 5.97 Å². The quantitative estimate of drug-likeness (QED) is 0.267. The molecule has 0 aliphatic carbocycles. The molecule has 0 rings (SSSR count). The van der Waals surface area contributed by atoms with Gasteiger partial charge in [-0.2, -0.15) is 0 Å². The number of rotatable bonds is 4. The highest BCUT2D eigenvalue weighted by atomic mass is 16.5. The normalized spacial score (nSPS) is 12.5. The molecular formula is C9H12O2. The molecule has 0 radical (unpaired) electrons. The number of allylic oxidation sites excluding steroid dienone is 2. The molecule has 0 N–H and O–H groups in total. The number of carbonyl (C=O) groups is 1. The SMILES string of the molecule is C=C/C=C/OC(=O)[C@@H](C)C=C. The molecule has 11 heavy (non-hydrogen) atoms. The number of esters is 1. The van der Waals surface area contributed by atoms with Crippen molar-refractivity contribution in [2.45, 2.75) is 6.92 Å². The predicted octanol–water partition coefficient (Wildman–Crippen LogP) is 2.05. The maximum absolute atomic E-state index is 10.9. The zero-order valence-electron chi connectivity index (χ0n) is 6.62. The van der Waals surface area contributed by atoms with Crippen molar-refractivity contribution >= 4 is 5.97 Å². The van der Waals surface area contributed by atoms with E-state index in [1.807, 2.05) is 0 Å². The summed E-state index contributed by atoms with van der Waals surface area (Å²) in [7, 11) is 0. The Morgan fingerprint density at radius 1 is 1.55 bits per heavy atom. The average molecular weight is 152 g/mol. The maximum atomic E-state index is 10.9. The van der Waals surface area contributed by atoms with Gasteiger partial charge in [0.05, 0.1) is 12.2 Å². The third kappa shape index (κ3) is 4.14. The Hall–Kier alpha value is -1.31. The van der Waals surface area contributed by atoms with E-state index in [-0.39, 0.29) is 11.9 Å². The van der Waals surface area contributed by atoms with Crippen LogP contribution in [0.4, 0.5) is 0 Å². The highest BCUT2D eigenvalue weighted by Gasteiger charge is 2.07. The molecule has 0 bridgehead atoms. The lowest BCUT2D eigenvalue weighted by Gasteiger charge is -2.00. The zero-order chi connectivity index (χ0) is 8.69. The second-order valence-corrected chi connectivity index (χ2v) is 2.03. The first-order valence-corrected chi connectivity index (χ1v) is 3.33. The molecule has 2 heteroatoms. The van der Waals surface area contributed by atoms with Crippen molar-refractivity contribution in [1.29, 1.82) is 0 Å². The van der Waals surface area contributed by atoms with Gasteiger partial charge in [-0.25, -0.2) is 0 Å². The molecule has 0 saturated heterocycles. The Balaban J connectivity index is 3.77. The van der Waals surface area contributed by atoms with Gasteiger partial charge in [-0.15, -0.1) is 6.58 Å². The Morgan fingerprint density at radius 2 is 2.18 bits per heavy atom. The van der Waals surface area contributed by atoms with Crippen LogP contribution in [0.15, 0.2) is 37.6 Å². The minimum absolute atomic E-state index is 0.260. The van der Waals surface area contributed by atoms with Crippen molar-refractivity contribution in [3.05, 3.63) is 37.6 Å². The van der Waals surface area contributed by atoms with Crippen LogP contribution in [0.5, 0.6) is 0 Å². The highest BCUT2D eigenvalue weighted by Crippen LogP contribution is 1.98. The molecule has 0 aliphatic heterocycles. The standard InChI is InChI=1S/C9H12O2/c1-4-6-7-11-9(10)8(3)5-2/h4-8H,1-2H2,3H3/b7-6+/t8-/m0/s1. The number of hydrogen-bond acceptors (Lipinski definition) is 2. The minimum Gasteiger partial charge on any atom is -0.434 e. The van der Waals surface area contributed by atoms with Gasteiger partial charge in [0, 0.05) is 0 Å². The molecule has 0 aromatic carbocycles. The largest absolute Gasteiger partial charge is 0.434 e. The molecular weight excluding hydrogens is 140 g/mol. The first-order chi connectivity index (χ1) is 5.22. The first-order valence-electron chi connectivity index (χ1n) is 3.33. The van der Waals surface area contributed by atoms with Gasteiger partial charge in [-0.1, -0.05) is 18.7 Å². The minimum atomic E-state index is -0.307. The van der Waals surface area contributed by atoms with Crippen LogP contribution in [0.2, 0.25) is 0 Å². The molecule has 0 amide bonds. The Bertz CT molecular complexity index is 180. The van der Waals surface area contributed by atoms with E-state index in [4.69, 9.17) is 0 Å². The van der Waals surface area contributed by atoms with Crippen LogP contribution in [0.25, 0.3) is 0 Å². The molecule has 0 saturated carbocycles. The molecule has 60 valence electrons. The zero-order valence-corrected chi connectivity index (χ0v) is 6.62. The van der Waals surface area contributed by atoms with Crippen LogP contribution in [0.3, 0.4) is 0 Å². The lowest BCUT2D eigenvalue weighted by atomic mass is 10.2. The molecule has 0 aromatic heterocycles. The van der Waals surface area contributed by atoms with Gasteiger partial charge < -0.3 is 4.74 Å². The third-order valence-corrected chi connectivity index (χ3v) is 1.12. The second-order valence-electron chi connectivity index (χ2n) is 2.03. The Kier molecular flexibility index (Phi) is 4.82. The summed E-state index contributed by atoms with van der Waals surface area (Å²) >= 11 is 0. The summed E-state index contributed by atoms with van der Waals surface area (Å²) in [5.74, 6) is -0.567. The first kappa shape index (κ1) is 9.69. The van der Waals surface area contributed by atoms with E-state index in [1.165, 1.54) is 18.4 Å². The molecule has 0 heterocycles. The summed E-state index contributed by atoms with van der Waals surface area (Å²) in [6, 6.07) is 0. The van der Waals surface area contributed by atoms with E-state index in [0.717, 1.165) is 0 Å². The molecule has 0 unspecified atom stereocenters. The van der Waals surface area contributed by atoms with Crippen LogP contribution in [-0.2, 0) is 9.53 Å². The van der Waals surface area contributed by atoms with Gasteiger partial charge in [0.1, 0.15) is 0 Å². The lowest BCUT2D eigenvalue weighted by molar-refractivity contribution is -0.140. The Morgan fingerprint density at radius 3 is 2.64 bits per heavy atom. The van der Waals surface area contributed by atoms with Crippen LogP contribution >= 0.6 is 0 Å². The van der Waals surface area contributed by atoms with Crippen molar-refractivity contribution in [3.8, 4) is 0 Å². The molecule has 0 fully saturated rings. The third-order valence-electron chi connectivity index (χ3n) is 1.12. The molecule has 0 aliphatic rings. The van der Waals surface area contributed by atoms with Gasteiger partial charge in [-0.3, -0.25) is 4.79 Å². The summed E-state index contributed by atoms with van der Waals surface area (Å²) in [4.78, 5) is 10.9. The van der Waals surface area contributed by atoms with E-state index < -0.39 is 0 Å². The number of carbonyl (C=O) groups excluding carboxylic acids is 1. The molecule has 0 aromatic rings. The van der Waals surface area contributed by atoms with E-state index in [9.17, 15) is 4.79 Å². The molecule has 1 atom stereocenters. The van der Waals surface area contributed by atoms with Gasteiger partial charge in [-0.05, 0) is 13.0 Å². The number of hydrogen-bond donors (Lipinski definition) is 0. The fourth-order valence-corrected chi connectivity index (χ4v) is 0.365. The summed E-state index contributed by atoms with van der Waals surface area (Å²) in [5.41, 5.74) is 0. The average Bonchev–Trinajstić information content (AvgIpc) is 2.03. The van der Waals surface area contributed by atoms with Gasteiger partial charge >= 0.3 is 5.97 Å². The van der Waals surface area contributed by atoms with Crippen LogP contribution in [0, 0.1) is 5.92 Å². The lowest BCUT2D eigenvalue weighted by Crippen LogP contribution is -2.08. The summed E-state index contributed by atoms with van der Waals surface area (Å²) in [6.07, 6.45) is 5.92. The van der Waals surface area contributed by atoms with Crippen molar-refractivity contribution in [2.24, 2.45) is 5.92 Å². The molecule has 0 spiro atoms. The van der Waals surface area contributed by atoms with Crippen LogP contribution in [0.1, 0.15) is 6.92 Å². The predicted molar refractivity (Wildman–Crippen MR) is 44.8 cm³/mol. The van der Waals surface area contributed by atoms with Crippen molar-refractivity contribution in [2.75, 3.05) is 0 Å². The van der Waals surface area contributed by atoms with Crippen molar-refractivity contribution in [1.82, 2.24) is 0 Å². The van der Waals surface area contributed by atoms with E-state index in [2.05, 4.69) is 17.9 Å². The molecule has 2 nitrogen and oxygen atoms in total. The summed E-state index contributed by atoms with van der Waals surface area (Å²) in [6.45, 7) is 8.61. The van der Waals surface area contributed by atoms with Crippen LogP contribution < -0.4 is 0 Å². The summed E-state index contributed by atoms with van der Waals surface area (Å²) in [5, 5.41) is 0. The second kappa shape index (κ2) is 5.47. The maximum Gasteiger partial charge on any atom is 0.317 e. The van der Waals surface area contributed by atoms with E-state index in [0.29, 0.717) is 0 Å². The van der Waals surface area contributed by atoms with Gasteiger partial charge in [0.2, 0.25) is 0 Å². The summed E-state index contributed by atoms with van der Waals surface area (Å²) < 4.78 is 4.67. The monoisotopic (exact) mass is 152 g/mol. The Labute approximate surface area is 66.9 Å². The van der Waals surface area contributed by atoms with E-state index in [1.54, 1.807) is 13.0 Å². The van der Waals surface area contributed by atoms with Gasteiger partial charge in [0.25, 0.3) is 0 Å². The van der Waals surface area contributed by atoms with Gasteiger partial charge in [0.15, 0.2) is 0 Å². The fraction of sp³-hybridized carbons (Fsp3) is 0.222.